The number of ether oxygens (including phenoxy) is 2. The zero-order valence-electron chi connectivity index (χ0n) is 15.5. The van der Waals surface area contributed by atoms with Gasteiger partial charge in [-0.15, -0.1) is 5.10 Å². The Morgan fingerprint density at radius 1 is 1.03 bits per heavy atom. The second-order valence-corrected chi connectivity index (χ2v) is 6.81. The summed E-state index contributed by atoms with van der Waals surface area (Å²) < 4.78 is 85.6. The molecule has 1 aromatic heterocycles. The van der Waals surface area contributed by atoms with Gasteiger partial charge in [0.25, 0.3) is 5.88 Å². The van der Waals surface area contributed by atoms with Crippen LogP contribution in [0.25, 0.3) is 0 Å². The van der Waals surface area contributed by atoms with E-state index in [4.69, 9.17) is 0 Å². The van der Waals surface area contributed by atoms with Crippen LogP contribution in [-0.2, 0) is 27.3 Å². The number of likely N-dealkylation sites (tertiary alicyclic amines) is 1. The number of alkyl halides is 6. The first-order valence-corrected chi connectivity index (χ1v) is 9.09. The number of halogens is 6. The van der Waals surface area contributed by atoms with E-state index in [1.807, 2.05) is 0 Å². The van der Waals surface area contributed by atoms with E-state index in [1.54, 1.807) is 0 Å². The highest BCUT2D eigenvalue weighted by Crippen LogP contribution is 2.35. The fourth-order valence-corrected chi connectivity index (χ4v) is 3.36. The Balaban J connectivity index is 1.89. The minimum Gasteiger partial charge on any atom is -0.435 e. The first-order chi connectivity index (χ1) is 14.0. The van der Waals surface area contributed by atoms with Crippen molar-refractivity contribution < 1.29 is 45.4 Å². The number of esters is 2. The fraction of sp³-hybridized carbons (Fsp3) is 0.688. The van der Waals surface area contributed by atoms with Crippen molar-refractivity contribution in [3.63, 3.8) is 0 Å². The molecule has 168 valence electrons. The van der Waals surface area contributed by atoms with Crippen molar-refractivity contribution in [2.45, 2.75) is 44.4 Å². The minimum atomic E-state index is -5.34. The summed E-state index contributed by atoms with van der Waals surface area (Å²) in [6.07, 6.45) is -10.2. The molecule has 1 N–H and O–H groups in total. The van der Waals surface area contributed by atoms with Gasteiger partial charge in [0, 0.05) is 19.5 Å². The lowest BCUT2D eigenvalue weighted by Gasteiger charge is -2.25. The molecule has 1 atom stereocenters. The number of fused-ring (bicyclic) bond motifs is 1. The highest BCUT2D eigenvalue weighted by Gasteiger charge is 2.46. The van der Waals surface area contributed by atoms with Crippen LogP contribution >= 0.6 is 0 Å². The smallest absolute Gasteiger partial charge is 0.435 e. The molecule has 1 saturated heterocycles. The number of carbonyl (C=O) groups excluding carboxylic acids is 2. The minimum absolute atomic E-state index is 0.0743. The van der Waals surface area contributed by atoms with Gasteiger partial charge in [-0.2, -0.15) is 26.3 Å². The van der Waals surface area contributed by atoms with Crippen molar-refractivity contribution in [2.24, 2.45) is 0 Å². The number of carbonyl (C=O) groups is 2. The van der Waals surface area contributed by atoms with Crippen LogP contribution in [-0.4, -0.2) is 65.2 Å². The number of hydrogen-bond donors (Lipinski definition) is 1. The van der Waals surface area contributed by atoms with E-state index in [0.717, 1.165) is 25.9 Å². The normalized spacial score (nSPS) is 20.1. The van der Waals surface area contributed by atoms with Crippen LogP contribution in [0.5, 0.6) is 5.88 Å². The maximum absolute atomic E-state index is 12.6. The standard InChI is InChI=1S/C16H18F6N4O4/c17-15(18,19)13(27)29-11-10-9(3-4-23-11)26(8-7-25-5-1-2-6-25)24-12(10)30-14(28)16(20,21)22/h11,23H,1-8H2. The van der Waals surface area contributed by atoms with Crippen LogP contribution in [0.1, 0.15) is 30.3 Å². The molecule has 0 saturated carbocycles. The van der Waals surface area contributed by atoms with Crippen molar-refractivity contribution in [3.8, 4) is 5.88 Å². The summed E-state index contributed by atoms with van der Waals surface area (Å²) in [5, 5.41) is 6.32. The topological polar surface area (TPSA) is 85.7 Å². The average molecular weight is 444 g/mol. The van der Waals surface area contributed by atoms with E-state index in [9.17, 15) is 35.9 Å². The Morgan fingerprint density at radius 3 is 2.27 bits per heavy atom. The molecular weight excluding hydrogens is 426 g/mol. The SMILES string of the molecule is O=C(Oc1nn(CCN2CCCC2)c2c1C(OC(=O)C(F)(F)F)NCC2)C(F)(F)F. The molecule has 8 nitrogen and oxygen atoms in total. The molecule has 0 bridgehead atoms. The predicted molar refractivity (Wildman–Crippen MR) is 86.2 cm³/mol. The summed E-state index contributed by atoms with van der Waals surface area (Å²) in [4.78, 5) is 24.6. The predicted octanol–water partition coefficient (Wildman–Crippen LogP) is 1.70. The summed E-state index contributed by atoms with van der Waals surface area (Å²) in [7, 11) is 0. The third-order valence-electron chi connectivity index (χ3n) is 4.72. The van der Waals surface area contributed by atoms with Crippen molar-refractivity contribution in [1.82, 2.24) is 20.0 Å². The molecule has 14 heteroatoms. The molecule has 30 heavy (non-hydrogen) atoms. The molecule has 3 rings (SSSR count). The van der Waals surface area contributed by atoms with Gasteiger partial charge in [0.05, 0.1) is 17.8 Å². The third-order valence-corrected chi connectivity index (χ3v) is 4.72. The zero-order chi connectivity index (χ0) is 22.1. The van der Waals surface area contributed by atoms with Crippen molar-refractivity contribution >= 4 is 11.9 Å². The summed E-state index contributed by atoms with van der Waals surface area (Å²) in [5.41, 5.74) is -0.101. The summed E-state index contributed by atoms with van der Waals surface area (Å²) >= 11 is 0. The lowest BCUT2D eigenvalue weighted by molar-refractivity contribution is -0.207. The highest BCUT2D eigenvalue weighted by atomic mass is 19.4. The zero-order valence-corrected chi connectivity index (χ0v) is 15.5. The van der Waals surface area contributed by atoms with E-state index in [-0.39, 0.29) is 30.8 Å². The Labute approximate surface area is 166 Å². The van der Waals surface area contributed by atoms with Gasteiger partial charge in [0.15, 0.2) is 6.23 Å². The van der Waals surface area contributed by atoms with Gasteiger partial charge in [0.1, 0.15) is 0 Å². The monoisotopic (exact) mass is 444 g/mol. The van der Waals surface area contributed by atoms with Gasteiger partial charge in [0.2, 0.25) is 0 Å². The van der Waals surface area contributed by atoms with Gasteiger partial charge in [-0.3, -0.25) is 10.00 Å². The largest absolute Gasteiger partial charge is 0.491 e. The van der Waals surface area contributed by atoms with Crippen molar-refractivity contribution in [1.29, 1.82) is 0 Å². The first kappa shape index (κ1) is 22.3. The number of nitrogens with zero attached hydrogens (tertiary/aromatic N) is 3. The maximum atomic E-state index is 12.6. The quantitative estimate of drug-likeness (QED) is 0.547. The van der Waals surface area contributed by atoms with Crippen molar-refractivity contribution in [2.75, 3.05) is 26.2 Å². The van der Waals surface area contributed by atoms with Crippen LogP contribution < -0.4 is 10.1 Å². The Hall–Kier alpha value is -2.35. The molecule has 1 unspecified atom stereocenters. The van der Waals surface area contributed by atoms with Crippen LogP contribution in [0.15, 0.2) is 0 Å². The molecule has 0 amide bonds. The first-order valence-electron chi connectivity index (χ1n) is 9.09. The molecule has 0 aliphatic carbocycles. The van der Waals surface area contributed by atoms with Gasteiger partial charge in [-0.05, 0) is 25.9 Å². The van der Waals surface area contributed by atoms with Gasteiger partial charge >= 0.3 is 24.3 Å². The molecule has 0 aromatic carbocycles. The molecule has 3 heterocycles. The summed E-state index contributed by atoms with van der Waals surface area (Å²) in [5.74, 6) is -5.97. The number of nitrogens with one attached hydrogen (secondary N) is 1. The van der Waals surface area contributed by atoms with Gasteiger partial charge < -0.3 is 14.4 Å². The second-order valence-electron chi connectivity index (χ2n) is 6.81. The lowest BCUT2D eigenvalue weighted by Crippen LogP contribution is -2.37. The Kier molecular flexibility index (Phi) is 6.26. The van der Waals surface area contributed by atoms with Crippen LogP contribution in [0.4, 0.5) is 26.3 Å². The summed E-state index contributed by atoms with van der Waals surface area (Å²) in [6.45, 7) is 2.47. The molecule has 2 aliphatic heterocycles. The second kappa shape index (κ2) is 8.41. The van der Waals surface area contributed by atoms with Gasteiger partial charge in [-0.1, -0.05) is 0 Å². The van der Waals surface area contributed by atoms with E-state index in [1.165, 1.54) is 4.68 Å². The molecule has 1 fully saturated rings. The lowest BCUT2D eigenvalue weighted by atomic mass is 10.1. The van der Waals surface area contributed by atoms with Crippen molar-refractivity contribution in [3.05, 3.63) is 11.3 Å². The van der Waals surface area contributed by atoms with E-state index in [2.05, 4.69) is 24.8 Å². The highest BCUT2D eigenvalue weighted by molar-refractivity contribution is 5.78. The molecule has 0 radical (unpaired) electrons. The summed E-state index contributed by atoms with van der Waals surface area (Å²) in [6, 6.07) is 0. The van der Waals surface area contributed by atoms with Crippen LogP contribution in [0, 0.1) is 0 Å². The molecular formula is C16H18F6N4O4. The van der Waals surface area contributed by atoms with E-state index >= 15 is 0 Å². The third kappa shape index (κ3) is 5.03. The Bertz CT molecular complexity index is 801. The van der Waals surface area contributed by atoms with Crippen LogP contribution in [0.2, 0.25) is 0 Å². The van der Waals surface area contributed by atoms with Crippen LogP contribution in [0.3, 0.4) is 0 Å². The maximum Gasteiger partial charge on any atom is 0.491 e. The van der Waals surface area contributed by atoms with E-state index < -0.39 is 36.4 Å². The number of aromatic nitrogens is 2. The fourth-order valence-electron chi connectivity index (χ4n) is 3.36. The average Bonchev–Trinajstić information content (AvgIpc) is 3.27. The number of rotatable bonds is 5. The molecule has 2 aliphatic rings. The van der Waals surface area contributed by atoms with Gasteiger partial charge in [-0.25, -0.2) is 9.59 Å². The molecule has 0 spiro atoms. The molecule has 1 aromatic rings. The number of hydrogen-bond acceptors (Lipinski definition) is 7. The Morgan fingerprint density at radius 2 is 1.67 bits per heavy atom. The van der Waals surface area contributed by atoms with E-state index in [0.29, 0.717) is 6.54 Å².